The normalized spacial score (nSPS) is 28.9. The minimum atomic E-state index is -1.48. The zero-order chi connectivity index (χ0) is 18.7. The Labute approximate surface area is 151 Å². The molecule has 1 fully saturated rings. The van der Waals surface area contributed by atoms with E-state index in [0.29, 0.717) is 12.2 Å². The van der Waals surface area contributed by atoms with Crippen LogP contribution in [-0.2, 0) is 17.6 Å². The van der Waals surface area contributed by atoms with Crippen LogP contribution >= 0.6 is 0 Å². The molecule has 7 heteroatoms. The number of furan rings is 1. The van der Waals surface area contributed by atoms with Crippen LogP contribution < -0.4 is 4.74 Å². The Bertz CT molecular complexity index is 711. The zero-order valence-electron chi connectivity index (χ0n) is 14.5. The third kappa shape index (κ3) is 3.92. The molecule has 0 radical (unpaired) electrons. The number of para-hydroxylation sites is 1. The van der Waals surface area contributed by atoms with E-state index in [1.807, 2.05) is 31.2 Å². The molecule has 1 saturated heterocycles. The molecule has 3 rings (SSSR count). The molecule has 4 N–H and O–H groups in total. The summed E-state index contributed by atoms with van der Waals surface area (Å²) in [4.78, 5) is 0. The minimum absolute atomic E-state index is 0.464. The van der Waals surface area contributed by atoms with Crippen LogP contribution in [-0.4, -0.2) is 57.7 Å². The summed E-state index contributed by atoms with van der Waals surface area (Å²) in [6.45, 7) is 1.51. The Balaban J connectivity index is 1.77. The number of benzene rings is 1. The number of rotatable bonds is 6. The first-order valence-electron chi connectivity index (χ1n) is 8.66. The summed E-state index contributed by atoms with van der Waals surface area (Å²) in [5, 5.41) is 39.2. The fraction of sp³-hybridized carbons (Fsp3) is 0.474. The molecular weight excluding hydrogens is 340 g/mol. The van der Waals surface area contributed by atoms with Crippen LogP contribution in [0.4, 0.5) is 0 Å². The third-order valence-corrected chi connectivity index (χ3v) is 4.49. The van der Waals surface area contributed by atoms with E-state index in [-0.39, 0.29) is 0 Å². The molecule has 142 valence electrons. The number of ether oxygens (including phenoxy) is 2. The second kappa shape index (κ2) is 8.20. The summed E-state index contributed by atoms with van der Waals surface area (Å²) in [5.74, 6) is 2.14. The lowest BCUT2D eigenvalue weighted by Crippen LogP contribution is -2.60. The second-order valence-electron chi connectivity index (χ2n) is 6.32. The summed E-state index contributed by atoms with van der Waals surface area (Å²) in [5.41, 5.74) is 0.821. The van der Waals surface area contributed by atoms with Crippen LogP contribution in [0.3, 0.4) is 0 Å². The van der Waals surface area contributed by atoms with Crippen molar-refractivity contribution in [2.45, 2.75) is 50.5 Å². The lowest BCUT2D eigenvalue weighted by Gasteiger charge is -2.39. The van der Waals surface area contributed by atoms with E-state index in [0.717, 1.165) is 23.5 Å². The Morgan fingerprint density at radius 2 is 1.69 bits per heavy atom. The molecule has 0 amide bonds. The van der Waals surface area contributed by atoms with Gasteiger partial charge in [-0.1, -0.05) is 25.1 Å². The molecule has 0 unspecified atom stereocenters. The van der Waals surface area contributed by atoms with Crippen LogP contribution in [0.1, 0.15) is 24.0 Å². The molecule has 5 atom stereocenters. The Hall–Kier alpha value is -1.90. The standard InChI is InChI=1S/C19H24O7/c1-2-12-7-8-13(24-12)9-11-5-3-4-6-14(11)25-19-18(23)17(22)16(21)15(10-20)26-19/h3-8,15-23H,2,9-10H2,1H3/t15-,16-,17+,18-,19-/m1/s1. The Morgan fingerprint density at radius 1 is 0.962 bits per heavy atom. The van der Waals surface area contributed by atoms with Crippen molar-refractivity contribution in [2.24, 2.45) is 0 Å². The maximum atomic E-state index is 10.1. The summed E-state index contributed by atoms with van der Waals surface area (Å²) >= 11 is 0. The van der Waals surface area contributed by atoms with Crippen molar-refractivity contribution >= 4 is 0 Å². The van der Waals surface area contributed by atoms with Gasteiger partial charge < -0.3 is 34.3 Å². The highest BCUT2D eigenvalue weighted by Gasteiger charge is 2.44. The molecule has 1 aliphatic heterocycles. The first kappa shape index (κ1) is 18.9. The van der Waals surface area contributed by atoms with Crippen molar-refractivity contribution in [3.8, 4) is 5.75 Å². The maximum absolute atomic E-state index is 10.1. The molecule has 7 nitrogen and oxygen atoms in total. The van der Waals surface area contributed by atoms with Gasteiger partial charge in [0.25, 0.3) is 0 Å². The smallest absolute Gasteiger partial charge is 0.229 e. The number of hydrogen-bond acceptors (Lipinski definition) is 7. The van der Waals surface area contributed by atoms with E-state index in [1.54, 1.807) is 12.1 Å². The van der Waals surface area contributed by atoms with Gasteiger partial charge in [0.15, 0.2) is 0 Å². The maximum Gasteiger partial charge on any atom is 0.229 e. The predicted octanol–water partition coefficient (Wildman–Crippen LogP) is 0.611. The highest BCUT2D eigenvalue weighted by atomic mass is 16.7. The summed E-state index contributed by atoms with van der Waals surface area (Å²) in [6, 6.07) is 11.1. The van der Waals surface area contributed by atoms with Crippen LogP contribution in [0.15, 0.2) is 40.8 Å². The van der Waals surface area contributed by atoms with E-state index < -0.39 is 37.3 Å². The van der Waals surface area contributed by atoms with Crippen molar-refractivity contribution in [3.05, 3.63) is 53.5 Å². The lowest BCUT2D eigenvalue weighted by atomic mass is 9.99. The van der Waals surface area contributed by atoms with Crippen molar-refractivity contribution in [2.75, 3.05) is 6.61 Å². The molecule has 1 aromatic carbocycles. The van der Waals surface area contributed by atoms with Crippen molar-refractivity contribution < 1.29 is 34.3 Å². The molecule has 1 aliphatic rings. The van der Waals surface area contributed by atoms with Gasteiger partial charge in [0.05, 0.1) is 6.61 Å². The average molecular weight is 364 g/mol. The van der Waals surface area contributed by atoms with Gasteiger partial charge in [-0.2, -0.15) is 0 Å². The van der Waals surface area contributed by atoms with Gasteiger partial charge in [-0.25, -0.2) is 0 Å². The quantitative estimate of drug-likeness (QED) is 0.594. The first-order valence-corrected chi connectivity index (χ1v) is 8.66. The number of aryl methyl sites for hydroxylation is 1. The van der Waals surface area contributed by atoms with Crippen LogP contribution in [0.5, 0.6) is 5.75 Å². The number of hydrogen-bond donors (Lipinski definition) is 4. The van der Waals surface area contributed by atoms with E-state index in [1.165, 1.54) is 0 Å². The topological polar surface area (TPSA) is 113 Å². The lowest BCUT2D eigenvalue weighted by molar-refractivity contribution is -0.277. The summed E-state index contributed by atoms with van der Waals surface area (Å²) in [7, 11) is 0. The molecule has 26 heavy (non-hydrogen) atoms. The number of aliphatic hydroxyl groups is 4. The van der Waals surface area contributed by atoms with E-state index >= 15 is 0 Å². The van der Waals surface area contributed by atoms with E-state index in [9.17, 15) is 20.4 Å². The molecule has 0 bridgehead atoms. The second-order valence-corrected chi connectivity index (χ2v) is 6.32. The molecular formula is C19H24O7. The predicted molar refractivity (Wildman–Crippen MR) is 91.7 cm³/mol. The van der Waals surface area contributed by atoms with Gasteiger partial charge in [-0.05, 0) is 18.2 Å². The Morgan fingerprint density at radius 3 is 2.38 bits per heavy atom. The van der Waals surface area contributed by atoms with E-state index in [4.69, 9.17) is 13.9 Å². The minimum Gasteiger partial charge on any atom is -0.466 e. The van der Waals surface area contributed by atoms with Gasteiger partial charge in [-0.3, -0.25) is 0 Å². The van der Waals surface area contributed by atoms with Crippen LogP contribution in [0.25, 0.3) is 0 Å². The molecule has 2 heterocycles. The highest BCUT2D eigenvalue weighted by Crippen LogP contribution is 2.28. The molecule has 1 aromatic heterocycles. The third-order valence-electron chi connectivity index (χ3n) is 4.49. The largest absolute Gasteiger partial charge is 0.466 e. The average Bonchev–Trinajstić information content (AvgIpc) is 3.11. The fourth-order valence-electron chi connectivity index (χ4n) is 2.95. The SMILES string of the molecule is CCc1ccc(Cc2ccccc2O[C@@H]2O[C@H](CO)[C@@H](O)[C@H](O)[C@H]2O)o1. The molecule has 2 aromatic rings. The fourth-order valence-corrected chi connectivity index (χ4v) is 2.95. The van der Waals surface area contributed by atoms with Gasteiger partial charge in [-0.15, -0.1) is 0 Å². The number of aliphatic hydroxyl groups excluding tert-OH is 4. The molecule has 0 spiro atoms. The first-order chi connectivity index (χ1) is 12.5. The van der Waals surface area contributed by atoms with Gasteiger partial charge in [0, 0.05) is 18.4 Å². The van der Waals surface area contributed by atoms with Crippen molar-refractivity contribution in [1.29, 1.82) is 0 Å². The highest BCUT2D eigenvalue weighted by molar-refractivity contribution is 5.36. The summed E-state index contributed by atoms with van der Waals surface area (Å²) in [6.07, 6.45) is -5.26. The Kier molecular flexibility index (Phi) is 5.95. The van der Waals surface area contributed by atoms with Crippen molar-refractivity contribution in [1.82, 2.24) is 0 Å². The molecule has 0 aliphatic carbocycles. The van der Waals surface area contributed by atoms with Crippen LogP contribution in [0.2, 0.25) is 0 Å². The molecule has 0 saturated carbocycles. The summed E-state index contributed by atoms with van der Waals surface area (Å²) < 4.78 is 16.9. The van der Waals surface area contributed by atoms with Gasteiger partial charge >= 0.3 is 0 Å². The van der Waals surface area contributed by atoms with Gasteiger partial charge in [0.1, 0.15) is 41.7 Å². The van der Waals surface area contributed by atoms with Crippen LogP contribution in [0, 0.1) is 0 Å². The monoisotopic (exact) mass is 364 g/mol. The van der Waals surface area contributed by atoms with E-state index in [2.05, 4.69) is 0 Å². The van der Waals surface area contributed by atoms with Gasteiger partial charge in [0.2, 0.25) is 6.29 Å². The zero-order valence-corrected chi connectivity index (χ0v) is 14.5. The van der Waals surface area contributed by atoms with Crippen molar-refractivity contribution in [3.63, 3.8) is 0 Å².